The third-order valence-electron chi connectivity index (χ3n) is 6.94. The molecule has 3 aromatic rings. The van der Waals surface area contributed by atoms with Crippen LogP contribution < -0.4 is 0 Å². The van der Waals surface area contributed by atoms with Gasteiger partial charge in [-0.1, -0.05) is 30.1 Å². The fraction of sp³-hybridized carbons (Fsp3) is 0.609. The third-order valence-corrected chi connectivity index (χ3v) is 7.22. The van der Waals surface area contributed by atoms with E-state index in [4.69, 9.17) is 21.1 Å². The summed E-state index contributed by atoms with van der Waals surface area (Å²) in [5, 5.41) is 9.95. The van der Waals surface area contributed by atoms with E-state index in [-0.39, 0.29) is 11.7 Å². The van der Waals surface area contributed by atoms with Crippen LogP contribution in [0.5, 0.6) is 0 Å². The summed E-state index contributed by atoms with van der Waals surface area (Å²) in [5.41, 5.74) is 2.26. The highest BCUT2D eigenvalue weighted by Gasteiger charge is 2.33. The summed E-state index contributed by atoms with van der Waals surface area (Å²) in [6.45, 7) is 3.96. The molecule has 0 spiro atoms. The SMILES string of the molecule is CCCCC(=O)C1CCCc2c(-c3nc(Cl)c4cnn(CC5CCCN5C)c4n3)noc21. The van der Waals surface area contributed by atoms with Crippen molar-refractivity contribution < 1.29 is 9.32 Å². The molecule has 2 unspecified atom stereocenters. The maximum absolute atomic E-state index is 12.7. The number of unbranched alkanes of at least 4 members (excludes halogenated alkanes) is 1. The first kappa shape index (κ1) is 21.5. The van der Waals surface area contributed by atoms with E-state index >= 15 is 0 Å². The molecule has 0 N–H and O–H groups in total. The average molecular weight is 457 g/mol. The van der Waals surface area contributed by atoms with Crippen LogP contribution in [0.3, 0.4) is 0 Å². The van der Waals surface area contributed by atoms with E-state index in [9.17, 15) is 4.79 Å². The molecule has 0 aromatic carbocycles. The first-order valence-corrected chi connectivity index (χ1v) is 12.1. The molecular weight excluding hydrogens is 428 g/mol. The number of carbonyl (C=O) groups excluding carboxylic acids is 1. The number of likely N-dealkylation sites (N-methyl/N-ethyl adjacent to an activating group) is 1. The van der Waals surface area contributed by atoms with Crippen molar-refractivity contribution in [3.05, 3.63) is 22.7 Å². The molecule has 1 saturated heterocycles. The van der Waals surface area contributed by atoms with Crippen LogP contribution in [0.15, 0.2) is 10.7 Å². The Kier molecular flexibility index (Phi) is 5.99. The lowest BCUT2D eigenvalue weighted by molar-refractivity contribution is -0.121. The van der Waals surface area contributed by atoms with Crippen molar-refractivity contribution in [2.75, 3.05) is 13.6 Å². The molecule has 0 radical (unpaired) electrons. The molecule has 1 aliphatic heterocycles. The lowest BCUT2D eigenvalue weighted by atomic mass is 9.83. The molecular formula is C23H29ClN6O2. The van der Waals surface area contributed by atoms with Crippen molar-refractivity contribution in [1.29, 1.82) is 0 Å². The lowest BCUT2D eigenvalue weighted by Gasteiger charge is -2.19. The zero-order chi connectivity index (χ0) is 22.2. The molecule has 0 bridgehead atoms. The third kappa shape index (κ3) is 3.83. The van der Waals surface area contributed by atoms with E-state index in [1.807, 2.05) is 4.68 Å². The minimum Gasteiger partial charge on any atom is -0.360 e. The Balaban J connectivity index is 1.49. The van der Waals surface area contributed by atoms with E-state index in [0.717, 1.165) is 62.6 Å². The van der Waals surface area contributed by atoms with Gasteiger partial charge in [-0.25, -0.2) is 14.6 Å². The van der Waals surface area contributed by atoms with Crippen molar-refractivity contribution >= 4 is 28.4 Å². The maximum atomic E-state index is 12.7. The van der Waals surface area contributed by atoms with Gasteiger partial charge in [0.15, 0.2) is 22.9 Å². The first-order chi connectivity index (χ1) is 15.6. The summed E-state index contributed by atoms with van der Waals surface area (Å²) in [6.07, 6.45) is 9.11. The standard InChI is InChI=1S/C23H29ClN6O2/c1-3-4-10-18(31)15-8-5-9-16-19(28-32-20(15)16)22-26-21(24)17-12-25-30(23(17)27-22)13-14-7-6-11-29(14)2/h12,14-15H,3-11,13H2,1-2H3. The largest absolute Gasteiger partial charge is 0.360 e. The Bertz CT molecular complexity index is 1140. The lowest BCUT2D eigenvalue weighted by Crippen LogP contribution is -2.29. The van der Waals surface area contributed by atoms with Gasteiger partial charge in [-0.15, -0.1) is 0 Å². The molecule has 3 aromatic heterocycles. The van der Waals surface area contributed by atoms with E-state index in [1.165, 1.54) is 6.42 Å². The molecule has 0 saturated carbocycles. The van der Waals surface area contributed by atoms with Gasteiger partial charge in [0.1, 0.15) is 10.9 Å². The van der Waals surface area contributed by atoms with Gasteiger partial charge in [-0.3, -0.25) is 4.79 Å². The van der Waals surface area contributed by atoms with Crippen LogP contribution in [0.25, 0.3) is 22.6 Å². The summed E-state index contributed by atoms with van der Waals surface area (Å²) < 4.78 is 7.64. The van der Waals surface area contributed by atoms with Crippen molar-refractivity contribution in [2.24, 2.45) is 0 Å². The zero-order valence-corrected chi connectivity index (χ0v) is 19.4. The predicted molar refractivity (Wildman–Crippen MR) is 122 cm³/mol. The molecule has 5 rings (SSSR count). The van der Waals surface area contributed by atoms with Gasteiger partial charge in [-0.05, 0) is 52.1 Å². The van der Waals surface area contributed by atoms with Gasteiger partial charge in [0.25, 0.3) is 0 Å². The van der Waals surface area contributed by atoms with Crippen LogP contribution >= 0.6 is 11.6 Å². The second-order valence-corrected chi connectivity index (χ2v) is 9.43. The molecule has 4 heterocycles. The summed E-state index contributed by atoms with van der Waals surface area (Å²) in [4.78, 5) is 24.4. The van der Waals surface area contributed by atoms with Crippen molar-refractivity contribution in [3.8, 4) is 11.5 Å². The predicted octanol–water partition coefficient (Wildman–Crippen LogP) is 4.41. The van der Waals surface area contributed by atoms with Crippen molar-refractivity contribution in [2.45, 2.75) is 76.8 Å². The fourth-order valence-corrected chi connectivity index (χ4v) is 5.24. The highest BCUT2D eigenvalue weighted by atomic mass is 35.5. The summed E-state index contributed by atoms with van der Waals surface area (Å²) in [5.74, 6) is 1.15. The van der Waals surface area contributed by atoms with Crippen LogP contribution in [-0.4, -0.2) is 55.2 Å². The Morgan fingerprint density at radius 3 is 2.94 bits per heavy atom. The number of carbonyl (C=O) groups is 1. The van der Waals surface area contributed by atoms with Gasteiger partial charge in [-0.2, -0.15) is 5.10 Å². The van der Waals surface area contributed by atoms with Gasteiger partial charge < -0.3 is 9.42 Å². The van der Waals surface area contributed by atoms with E-state index in [1.54, 1.807) is 6.20 Å². The van der Waals surface area contributed by atoms with Gasteiger partial charge in [0.05, 0.1) is 24.0 Å². The van der Waals surface area contributed by atoms with Crippen LogP contribution in [0, 0.1) is 0 Å². The normalized spacial score (nSPS) is 21.3. The van der Waals surface area contributed by atoms with Crippen LogP contribution in [0.1, 0.15) is 69.1 Å². The zero-order valence-electron chi connectivity index (χ0n) is 18.7. The summed E-state index contributed by atoms with van der Waals surface area (Å²) in [7, 11) is 2.15. The molecule has 2 atom stereocenters. The van der Waals surface area contributed by atoms with Crippen LogP contribution in [-0.2, 0) is 17.8 Å². The average Bonchev–Trinajstić information content (AvgIpc) is 3.51. The summed E-state index contributed by atoms with van der Waals surface area (Å²) in [6, 6.07) is 0.435. The Hall–Kier alpha value is -2.32. The van der Waals surface area contributed by atoms with E-state index in [0.29, 0.717) is 40.5 Å². The number of halogens is 1. The smallest absolute Gasteiger partial charge is 0.185 e. The number of likely N-dealkylation sites (tertiary alicyclic amines) is 1. The molecule has 0 amide bonds. The number of hydrogen-bond acceptors (Lipinski definition) is 7. The van der Waals surface area contributed by atoms with E-state index in [2.05, 4.69) is 34.1 Å². The monoisotopic (exact) mass is 456 g/mol. The number of hydrogen-bond donors (Lipinski definition) is 0. The quantitative estimate of drug-likeness (QED) is 0.486. The number of Topliss-reactive ketones (excluding diaryl/α,β-unsaturated/α-hetero) is 1. The van der Waals surface area contributed by atoms with Gasteiger partial charge in [0, 0.05) is 18.0 Å². The highest BCUT2D eigenvalue weighted by Crippen LogP contribution is 2.38. The minimum absolute atomic E-state index is 0.214. The van der Waals surface area contributed by atoms with Crippen molar-refractivity contribution in [3.63, 3.8) is 0 Å². The number of nitrogens with zero attached hydrogens (tertiary/aromatic N) is 6. The Labute approximate surface area is 192 Å². The molecule has 2 aliphatic rings. The molecule has 1 fully saturated rings. The fourth-order valence-electron chi connectivity index (χ4n) is 5.03. The number of ketones is 1. The molecule has 1 aliphatic carbocycles. The minimum atomic E-state index is -0.214. The summed E-state index contributed by atoms with van der Waals surface area (Å²) >= 11 is 6.53. The number of rotatable bonds is 7. The maximum Gasteiger partial charge on any atom is 0.185 e. The van der Waals surface area contributed by atoms with Crippen LogP contribution in [0.4, 0.5) is 0 Å². The van der Waals surface area contributed by atoms with Gasteiger partial charge >= 0.3 is 0 Å². The number of fused-ring (bicyclic) bond motifs is 2. The molecule has 8 nitrogen and oxygen atoms in total. The second-order valence-electron chi connectivity index (χ2n) is 9.07. The number of aromatic nitrogens is 5. The topological polar surface area (TPSA) is 89.9 Å². The molecule has 32 heavy (non-hydrogen) atoms. The Morgan fingerprint density at radius 2 is 2.16 bits per heavy atom. The highest BCUT2D eigenvalue weighted by molar-refractivity contribution is 6.34. The Morgan fingerprint density at radius 1 is 1.28 bits per heavy atom. The molecule has 9 heteroatoms. The van der Waals surface area contributed by atoms with E-state index < -0.39 is 0 Å². The van der Waals surface area contributed by atoms with Gasteiger partial charge in [0.2, 0.25) is 0 Å². The first-order valence-electron chi connectivity index (χ1n) is 11.7. The van der Waals surface area contributed by atoms with Crippen molar-refractivity contribution in [1.82, 2.24) is 29.8 Å². The van der Waals surface area contributed by atoms with Crippen LogP contribution in [0.2, 0.25) is 5.15 Å². The second kappa shape index (κ2) is 8.90. The molecule has 170 valence electrons.